The SMILES string of the molecule is CCCCCCCCCCCCCCCC1(O)C[NH2+]C(C)(C)C(CC(=O)O)O1. The Hall–Kier alpha value is -0.650. The van der Waals surface area contributed by atoms with Gasteiger partial charge >= 0.3 is 5.97 Å². The first-order chi connectivity index (χ1) is 13.3. The van der Waals surface area contributed by atoms with Crippen molar-refractivity contribution in [2.24, 2.45) is 0 Å². The molecule has 0 bridgehead atoms. The largest absolute Gasteiger partial charge is 0.481 e. The fourth-order valence-electron chi connectivity index (χ4n) is 4.06. The summed E-state index contributed by atoms with van der Waals surface area (Å²) in [5.41, 5.74) is -0.319. The van der Waals surface area contributed by atoms with Crippen molar-refractivity contribution >= 4 is 5.97 Å². The topological polar surface area (TPSA) is 83.4 Å². The van der Waals surface area contributed by atoms with E-state index in [0.717, 1.165) is 12.8 Å². The van der Waals surface area contributed by atoms with Gasteiger partial charge in [-0.1, -0.05) is 84.0 Å². The molecule has 1 heterocycles. The average Bonchev–Trinajstić information content (AvgIpc) is 2.62. The summed E-state index contributed by atoms with van der Waals surface area (Å²) >= 11 is 0. The fourth-order valence-corrected chi connectivity index (χ4v) is 4.06. The molecule has 0 aliphatic carbocycles. The number of carbonyl (C=O) groups is 1. The minimum absolute atomic E-state index is 0.0651. The smallest absolute Gasteiger partial charge is 0.306 e. The summed E-state index contributed by atoms with van der Waals surface area (Å²) in [6, 6.07) is 0. The van der Waals surface area contributed by atoms with Gasteiger partial charge in [0.25, 0.3) is 0 Å². The molecule has 1 aliphatic rings. The van der Waals surface area contributed by atoms with Crippen molar-refractivity contribution in [2.75, 3.05) is 6.54 Å². The first-order valence-electron chi connectivity index (χ1n) is 11.8. The van der Waals surface area contributed by atoms with Gasteiger partial charge in [-0.3, -0.25) is 4.79 Å². The average molecular weight is 401 g/mol. The molecule has 0 saturated carbocycles. The number of ether oxygens (including phenoxy) is 1. The van der Waals surface area contributed by atoms with E-state index in [0.29, 0.717) is 13.0 Å². The predicted octanol–water partition coefficient (Wildman–Crippen LogP) is 4.37. The lowest BCUT2D eigenvalue weighted by Gasteiger charge is -2.43. The lowest BCUT2D eigenvalue weighted by Crippen LogP contribution is -3.03. The number of carboxylic acids is 1. The molecule has 0 aromatic carbocycles. The Morgan fingerprint density at radius 3 is 1.86 bits per heavy atom. The van der Waals surface area contributed by atoms with Crippen molar-refractivity contribution < 1.29 is 25.1 Å². The van der Waals surface area contributed by atoms with Crippen LogP contribution in [0.2, 0.25) is 0 Å². The van der Waals surface area contributed by atoms with Crippen molar-refractivity contribution in [2.45, 2.75) is 135 Å². The lowest BCUT2D eigenvalue weighted by molar-refractivity contribution is -0.767. The Morgan fingerprint density at radius 1 is 0.929 bits per heavy atom. The summed E-state index contributed by atoms with van der Waals surface area (Å²) < 4.78 is 5.85. The highest BCUT2D eigenvalue weighted by Crippen LogP contribution is 2.26. The summed E-state index contributed by atoms with van der Waals surface area (Å²) in [7, 11) is 0. The molecule has 0 radical (unpaired) electrons. The second-order valence-corrected chi connectivity index (χ2v) is 9.37. The second kappa shape index (κ2) is 13.6. The standard InChI is InChI=1S/C23H45NO4/c1-4-5-6-7-8-9-10-11-12-13-14-15-16-17-23(27)19-24-22(2,3)20(28-23)18-21(25)26/h20,24,27H,4-19H2,1-3H3,(H,25,26)/p+1. The van der Waals surface area contributed by atoms with Crippen molar-refractivity contribution in [3.05, 3.63) is 0 Å². The van der Waals surface area contributed by atoms with E-state index in [9.17, 15) is 9.90 Å². The third kappa shape index (κ3) is 10.8. The molecule has 1 rings (SSSR count). The zero-order valence-corrected chi connectivity index (χ0v) is 18.7. The van der Waals surface area contributed by atoms with Crippen LogP contribution in [0.15, 0.2) is 0 Å². The molecule has 2 unspecified atom stereocenters. The molecule has 0 spiro atoms. The summed E-state index contributed by atoms with van der Waals surface area (Å²) in [6.45, 7) is 6.70. The predicted molar refractivity (Wildman–Crippen MR) is 113 cm³/mol. The van der Waals surface area contributed by atoms with Gasteiger partial charge in [0.15, 0.2) is 0 Å². The number of carboxylic acid groups (broad SMARTS) is 1. The molecule has 1 saturated heterocycles. The van der Waals surface area contributed by atoms with E-state index in [4.69, 9.17) is 9.84 Å². The van der Waals surface area contributed by atoms with Crippen LogP contribution in [0.1, 0.15) is 117 Å². The summed E-state index contributed by atoms with van der Waals surface area (Å²) in [5, 5.41) is 21.8. The van der Waals surface area contributed by atoms with Crippen LogP contribution in [0.4, 0.5) is 0 Å². The van der Waals surface area contributed by atoms with Crippen LogP contribution in [-0.4, -0.2) is 40.2 Å². The van der Waals surface area contributed by atoms with Crippen LogP contribution in [0.3, 0.4) is 0 Å². The van der Waals surface area contributed by atoms with Crippen LogP contribution in [0, 0.1) is 0 Å². The normalized spacial score (nSPS) is 24.4. The quantitative estimate of drug-likeness (QED) is 0.336. The zero-order valence-electron chi connectivity index (χ0n) is 18.7. The van der Waals surface area contributed by atoms with E-state index in [1.165, 1.54) is 70.6 Å². The molecule has 0 amide bonds. The van der Waals surface area contributed by atoms with Gasteiger partial charge in [0.1, 0.15) is 18.2 Å². The number of morpholine rings is 1. The van der Waals surface area contributed by atoms with E-state index >= 15 is 0 Å². The second-order valence-electron chi connectivity index (χ2n) is 9.37. The Bertz CT molecular complexity index is 427. The van der Waals surface area contributed by atoms with Crippen molar-refractivity contribution in [1.82, 2.24) is 0 Å². The van der Waals surface area contributed by atoms with Crippen molar-refractivity contribution in [3.63, 3.8) is 0 Å². The Balaban J connectivity index is 2.05. The molecule has 5 nitrogen and oxygen atoms in total. The van der Waals surface area contributed by atoms with Crippen LogP contribution < -0.4 is 5.32 Å². The van der Waals surface area contributed by atoms with Gasteiger partial charge in [-0.25, -0.2) is 0 Å². The molecule has 0 aromatic rings. The lowest BCUT2D eigenvalue weighted by atomic mass is 9.90. The number of aliphatic carboxylic acids is 1. The summed E-state index contributed by atoms with van der Waals surface area (Å²) in [5.74, 6) is -2.07. The highest BCUT2D eigenvalue weighted by atomic mass is 16.6. The molecular weight excluding hydrogens is 354 g/mol. The highest BCUT2D eigenvalue weighted by Gasteiger charge is 2.48. The van der Waals surface area contributed by atoms with Gasteiger partial charge in [-0.15, -0.1) is 0 Å². The Labute approximate surface area is 172 Å². The first kappa shape index (κ1) is 25.4. The van der Waals surface area contributed by atoms with Gasteiger partial charge < -0.3 is 20.3 Å². The maximum atomic E-state index is 11.1. The maximum absolute atomic E-state index is 11.1. The number of nitrogens with two attached hydrogens (primary N) is 1. The van der Waals surface area contributed by atoms with Gasteiger partial charge in [0.05, 0.1) is 6.42 Å². The molecular formula is C23H46NO4+. The molecule has 5 heteroatoms. The van der Waals surface area contributed by atoms with Crippen LogP contribution >= 0.6 is 0 Å². The third-order valence-corrected chi connectivity index (χ3v) is 6.17. The van der Waals surface area contributed by atoms with E-state index in [1.54, 1.807) is 0 Å². The fraction of sp³-hybridized carbons (Fsp3) is 0.957. The number of rotatable bonds is 16. The van der Waals surface area contributed by atoms with E-state index in [1.807, 2.05) is 19.2 Å². The van der Waals surface area contributed by atoms with Crippen molar-refractivity contribution in [1.29, 1.82) is 0 Å². The molecule has 0 aromatic heterocycles. The number of hydrogen-bond donors (Lipinski definition) is 3. The number of hydrogen-bond acceptors (Lipinski definition) is 3. The molecule has 2 atom stereocenters. The van der Waals surface area contributed by atoms with Crippen LogP contribution in [0.25, 0.3) is 0 Å². The van der Waals surface area contributed by atoms with Gasteiger partial charge in [-0.2, -0.15) is 0 Å². The summed E-state index contributed by atoms with van der Waals surface area (Å²) in [6.07, 6.45) is 16.9. The monoisotopic (exact) mass is 400 g/mol. The number of quaternary nitrogens is 1. The minimum Gasteiger partial charge on any atom is -0.481 e. The third-order valence-electron chi connectivity index (χ3n) is 6.17. The Kier molecular flexibility index (Phi) is 12.3. The molecule has 1 fully saturated rings. The van der Waals surface area contributed by atoms with Gasteiger partial charge in [0, 0.05) is 6.42 Å². The van der Waals surface area contributed by atoms with E-state index in [-0.39, 0.29) is 12.0 Å². The number of unbranched alkanes of at least 4 members (excludes halogenated alkanes) is 12. The molecule has 166 valence electrons. The molecule has 1 aliphatic heterocycles. The van der Waals surface area contributed by atoms with E-state index < -0.39 is 17.9 Å². The van der Waals surface area contributed by atoms with Gasteiger partial charge in [-0.05, 0) is 20.3 Å². The first-order valence-corrected chi connectivity index (χ1v) is 11.8. The van der Waals surface area contributed by atoms with Crippen molar-refractivity contribution in [3.8, 4) is 0 Å². The summed E-state index contributed by atoms with van der Waals surface area (Å²) in [4.78, 5) is 11.1. The molecule has 4 N–H and O–H groups in total. The zero-order chi connectivity index (χ0) is 20.9. The van der Waals surface area contributed by atoms with E-state index in [2.05, 4.69) is 6.92 Å². The maximum Gasteiger partial charge on any atom is 0.306 e. The van der Waals surface area contributed by atoms with Gasteiger partial charge in [0.2, 0.25) is 5.79 Å². The Morgan fingerprint density at radius 2 is 1.39 bits per heavy atom. The van der Waals surface area contributed by atoms with Crippen LogP contribution in [-0.2, 0) is 9.53 Å². The van der Waals surface area contributed by atoms with Crippen LogP contribution in [0.5, 0.6) is 0 Å². The minimum atomic E-state index is -1.19. The number of aliphatic hydroxyl groups is 1. The highest BCUT2D eigenvalue weighted by molar-refractivity contribution is 5.67. The molecule has 28 heavy (non-hydrogen) atoms.